The van der Waals surface area contributed by atoms with E-state index < -0.39 is 4.92 Å². The van der Waals surface area contributed by atoms with Gasteiger partial charge in [0.1, 0.15) is 11.4 Å². The maximum Gasteiger partial charge on any atom is 0.315 e. The number of para-hydroxylation sites is 1. The van der Waals surface area contributed by atoms with Gasteiger partial charge in [-0.25, -0.2) is 0 Å². The maximum atomic E-state index is 11.7. The minimum absolute atomic E-state index is 0.0128. The molecule has 110 valence electrons. The predicted octanol–water partition coefficient (Wildman–Crippen LogP) is 1.60. The second-order valence-electron chi connectivity index (χ2n) is 4.15. The highest BCUT2D eigenvalue weighted by molar-refractivity contribution is 5.84. The molecule has 1 amide bonds. The number of nitro benzene ring substituents is 1. The van der Waals surface area contributed by atoms with Crippen LogP contribution < -0.4 is 15.5 Å². The van der Waals surface area contributed by atoms with Crippen LogP contribution in [0.5, 0.6) is 0 Å². The van der Waals surface area contributed by atoms with Crippen LogP contribution in [-0.2, 0) is 4.79 Å². The van der Waals surface area contributed by atoms with Crippen molar-refractivity contribution in [3.63, 3.8) is 0 Å². The summed E-state index contributed by atoms with van der Waals surface area (Å²) in [6.45, 7) is 4.83. The number of likely N-dealkylation sites (N-methyl/N-ethyl adjacent to an activating group) is 2. The zero-order valence-electron chi connectivity index (χ0n) is 12.0. The third-order valence-corrected chi connectivity index (χ3v) is 2.90. The van der Waals surface area contributed by atoms with Crippen LogP contribution in [0.2, 0.25) is 0 Å². The Bertz CT molecular complexity index is 491. The van der Waals surface area contributed by atoms with Crippen molar-refractivity contribution in [2.45, 2.75) is 13.8 Å². The molecular weight excluding hydrogens is 260 g/mol. The normalized spacial score (nSPS) is 9.95. The Labute approximate surface area is 118 Å². The van der Waals surface area contributed by atoms with E-state index in [2.05, 4.69) is 10.6 Å². The lowest BCUT2D eigenvalue weighted by Crippen LogP contribution is -2.37. The first-order valence-corrected chi connectivity index (χ1v) is 6.51. The average molecular weight is 280 g/mol. The van der Waals surface area contributed by atoms with Crippen LogP contribution in [0, 0.1) is 10.1 Å². The number of nitro groups is 1. The van der Waals surface area contributed by atoms with Gasteiger partial charge >= 0.3 is 5.69 Å². The number of nitrogens with one attached hydrogen (secondary N) is 2. The Balaban J connectivity index is 3.14. The van der Waals surface area contributed by atoms with Crippen molar-refractivity contribution in [3.05, 3.63) is 28.3 Å². The van der Waals surface area contributed by atoms with Gasteiger partial charge in [0.2, 0.25) is 5.91 Å². The van der Waals surface area contributed by atoms with Gasteiger partial charge in [0, 0.05) is 20.1 Å². The quantitative estimate of drug-likeness (QED) is 0.585. The largest absolute Gasteiger partial charge is 0.382 e. The number of nitrogens with zero attached hydrogens (tertiary/aromatic N) is 2. The molecule has 7 nitrogen and oxygen atoms in total. The summed E-state index contributed by atoms with van der Waals surface area (Å²) in [4.78, 5) is 24.2. The first-order chi connectivity index (χ1) is 9.54. The molecule has 1 rings (SSSR count). The Morgan fingerprint density at radius 1 is 1.40 bits per heavy atom. The summed E-state index contributed by atoms with van der Waals surface area (Å²) in [7, 11) is 1.63. The first kappa shape index (κ1) is 15.7. The lowest BCUT2D eigenvalue weighted by Gasteiger charge is -2.22. The lowest BCUT2D eigenvalue weighted by atomic mass is 10.2. The van der Waals surface area contributed by atoms with Crippen molar-refractivity contribution in [1.29, 1.82) is 0 Å². The SMILES string of the molecule is CCNC(=O)CN(CC)c1cccc(NC)c1[N+](=O)[O-]. The molecule has 0 saturated heterocycles. The fraction of sp³-hybridized carbons (Fsp3) is 0.462. The molecule has 0 bridgehead atoms. The molecule has 0 saturated carbocycles. The molecule has 0 heterocycles. The van der Waals surface area contributed by atoms with Gasteiger partial charge in [-0.2, -0.15) is 0 Å². The molecule has 0 aliphatic carbocycles. The molecule has 0 aromatic heterocycles. The topological polar surface area (TPSA) is 87.5 Å². The predicted molar refractivity (Wildman–Crippen MR) is 79.2 cm³/mol. The van der Waals surface area contributed by atoms with Crippen molar-refractivity contribution < 1.29 is 9.72 Å². The molecule has 0 aliphatic heterocycles. The number of rotatable bonds is 7. The average Bonchev–Trinajstić information content (AvgIpc) is 2.44. The Kier molecular flexibility index (Phi) is 5.76. The van der Waals surface area contributed by atoms with Gasteiger partial charge in [-0.3, -0.25) is 14.9 Å². The third-order valence-electron chi connectivity index (χ3n) is 2.90. The minimum atomic E-state index is -0.429. The van der Waals surface area contributed by atoms with Gasteiger partial charge < -0.3 is 15.5 Å². The number of anilines is 2. The fourth-order valence-corrected chi connectivity index (χ4v) is 1.97. The molecule has 0 unspecified atom stereocenters. The van der Waals surface area contributed by atoms with E-state index in [1.807, 2.05) is 13.8 Å². The van der Waals surface area contributed by atoms with E-state index in [0.717, 1.165) is 0 Å². The molecule has 2 N–H and O–H groups in total. The number of hydrogen-bond acceptors (Lipinski definition) is 5. The molecule has 0 spiro atoms. The van der Waals surface area contributed by atoms with Gasteiger partial charge in [0.15, 0.2) is 0 Å². The second-order valence-corrected chi connectivity index (χ2v) is 4.15. The van der Waals surface area contributed by atoms with Crippen LogP contribution in [0.15, 0.2) is 18.2 Å². The van der Waals surface area contributed by atoms with E-state index in [9.17, 15) is 14.9 Å². The molecule has 0 atom stereocenters. The maximum absolute atomic E-state index is 11.7. The van der Waals surface area contributed by atoms with Gasteiger partial charge in [-0.15, -0.1) is 0 Å². The van der Waals surface area contributed by atoms with E-state index in [1.54, 1.807) is 30.1 Å². The zero-order valence-corrected chi connectivity index (χ0v) is 12.0. The van der Waals surface area contributed by atoms with E-state index in [4.69, 9.17) is 0 Å². The van der Waals surface area contributed by atoms with Crippen molar-refractivity contribution in [2.75, 3.05) is 36.9 Å². The summed E-state index contributed by atoms with van der Waals surface area (Å²) in [6, 6.07) is 5.03. The number of carbonyl (C=O) groups excluding carboxylic acids is 1. The Morgan fingerprint density at radius 2 is 2.10 bits per heavy atom. The lowest BCUT2D eigenvalue weighted by molar-refractivity contribution is -0.383. The standard InChI is InChI=1S/C13H20N4O3/c1-4-15-12(18)9-16(5-2)11-8-6-7-10(14-3)13(11)17(19)20/h6-8,14H,4-5,9H2,1-3H3,(H,15,18). The number of carbonyl (C=O) groups is 1. The molecule has 0 fully saturated rings. The Hall–Kier alpha value is -2.31. The summed E-state index contributed by atoms with van der Waals surface area (Å²) in [5, 5.41) is 16.8. The van der Waals surface area contributed by atoms with Crippen molar-refractivity contribution in [1.82, 2.24) is 5.32 Å². The number of hydrogen-bond donors (Lipinski definition) is 2. The third kappa shape index (κ3) is 3.59. The molecule has 20 heavy (non-hydrogen) atoms. The monoisotopic (exact) mass is 280 g/mol. The number of amides is 1. The molecule has 0 radical (unpaired) electrons. The highest BCUT2D eigenvalue weighted by Crippen LogP contribution is 2.34. The smallest absolute Gasteiger partial charge is 0.315 e. The molecule has 0 aliphatic rings. The summed E-state index contributed by atoms with van der Waals surface area (Å²) < 4.78 is 0. The van der Waals surface area contributed by atoms with Gasteiger partial charge in [-0.1, -0.05) is 6.07 Å². The van der Waals surface area contributed by atoms with Gasteiger partial charge in [0.05, 0.1) is 11.5 Å². The summed E-state index contributed by atoms with van der Waals surface area (Å²) >= 11 is 0. The molecule has 1 aromatic carbocycles. The number of benzene rings is 1. The van der Waals surface area contributed by atoms with E-state index >= 15 is 0 Å². The van der Waals surface area contributed by atoms with Gasteiger partial charge in [0.25, 0.3) is 0 Å². The van der Waals surface area contributed by atoms with Crippen LogP contribution in [-0.4, -0.2) is 37.5 Å². The molecular formula is C13H20N4O3. The van der Waals surface area contributed by atoms with Crippen LogP contribution in [0.4, 0.5) is 17.1 Å². The first-order valence-electron chi connectivity index (χ1n) is 6.51. The van der Waals surface area contributed by atoms with Crippen LogP contribution in [0.3, 0.4) is 0 Å². The van der Waals surface area contributed by atoms with Crippen molar-refractivity contribution >= 4 is 23.0 Å². The zero-order chi connectivity index (χ0) is 15.1. The van der Waals surface area contributed by atoms with Crippen LogP contribution in [0.1, 0.15) is 13.8 Å². The van der Waals surface area contributed by atoms with E-state index in [0.29, 0.717) is 24.5 Å². The summed E-state index contributed by atoms with van der Waals surface area (Å²) in [6.07, 6.45) is 0. The summed E-state index contributed by atoms with van der Waals surface area (Å²) in [5.41, 5.74) is 0.860. The van der Waals surface area contributed by atoms with E-state index in [-0.39, 0.29) is 18.1 Å². The highest BCUT2D eigenvalue weighted by atomic mass is 16.6. The Morgan fingerprint density at radius 3 is 2.60 bits per heavy atom. The summed E-state index contributed by atoms with van der Waals surface area (Å²) in [5.74, 6) is -0.154. The van der Waals surface area contributed by atoms with Crippen LogP contribution >= 0.6 is 0 Å². The van der Waals surface area contributed by atoms with E-state index in [1.165, 1.54) is 0 Å². The van der Waals surface area contributed by atoms with Crippen molar-refractivity contribution in [2.24, 2.45) is 0 Å². The molecule has 1 aromatic rings. The molecule has 7 heteroatoms. The van der Waals surface area contributed by atoms with Crippen molar-refractivity contribution in [3.8, 4) is 0 Å². The van der Waals surface area contributed by atoms with Gasteiger partial charge in [-0.05, 0) is 26.0 Å². The minimum Gasteiger partial charge on any atom is -0.382 e. The fourth-order valence-electron chi connectivity index (χ4n) is 1.97. The second kappa shape index (κ2) is 7.32. The highest BCUT2D eigenvalue weighted by Gasteiger charge is 2.23. The van der Waals surface area contributed by atoms with Crippen LogP contribution in [0.25, 0.3) is 0 Å².